The summed E-state index contributed by atoms with van der Waals surface area (Å²) in [5, 5.41) is 10.0. The van der Waals surface area contributed by atoms with E-state index < -0.39 is 16.1 Å². The summed E-state index contributed by atoms with van der Waals surface area (Å²) in [4.78, 5) is 0. The molecule has 1 aliphatic rings. The molecule has 2 unspecified atom stereocenters. The van der Waals surface area contributed by atoms with Crippen LogP contribution in [0, 0.1) is 5.92 Å². The van der Waals surface area contributed by atoms with Gasteiger partial charge in [0.1, 0.15) is 4.21 Å². The van der Waals surface area contributed by atoms with Crippen molar-refractivity contribution < 1.29 is 13.5 Å². The molecule has 0 spiro atoms. The molecule has 8 heteroatoms. The van der Waals surface area contributed by atoms with Gasteiger partial charge < -0.3 is 5.11 Å². The van der Waals surface area contributed by atoms with Crippen LogP contribution in [0.25, 0.3) is 0 Å². The van der Waals surface area contributed by atoms with Crippen LogP contribution in [0.2, 0.25) is 5.02 Å². The second kappa shape index (κ2) is 5.38. The molecule has 2 rings (SSSR count). The molecule has 102 valence electrons. The van der Waals surface area contributed by atoms with Gasteiger partial charge in [0.2, 0.25) is 0 Å². The first-order valence-electron chi connectivity index (χ1n) is 5.45. The predicted octanol–water partition coefficient (Wildman–Crippen LogP) is 2.56. The Morgan fingerprint density at radius 1 is 1.61 bits per heavy atom. The molecule has 0 amide bonds. The lowest BCUT2D eigenvalue weighted by atomic mass is 9.99. The lowest BCUT2D eigenvalue weighted by Crippen LogP contribution is -2.44. The van der Waals surface area contributed by atoms with Gasteiger partial charge in [-0.3, -0.25) is 0 Å². The Bertz CT molecular complexity index is 526. The molecule has 2 heterocycles. The second-order valence-corrected chi connectivity index (χ2v) is 9.33. The number of hydrogen-bond acceptors (Lipinski definition) is 4. The highest BCUT2D eigenvalue weighted by molar-refractivity contribution is 9.11. The standard InChI is InChI=1S/C10H13BrClNO3S2/c1-6-5-13(3-2-8(6)14)18(15,16)9-4-7(12)10(11)17-9/h4,6,8,14H,2-3,5H2,1H3. The number of hydrogen-bond donors (Lipinski definition) is 1. The first-order valence-corrected chi connectivity index (χ1v) is 8.88. The van der Waals surface area contributed by atoms with E-state index in [0.29, 0.717) is 28.3 Å². The van der Waals surface area contributed by atoms with Crippen molar-refractivity contribution in [1.29, 1.82) is 0 Å². The lowest BCUT2D eigenvalue weighted by Gasteiger charge is -2.33. The minimum Gasteiger partial charge on any atom is -0.393 e. The SMILES string of the molecule is CC1CN(S(=O)(=O)c2cc(Cl)c(Br)s2)CCC1O. The number of sulfonamides is 1. The summed E-state index contributed by atoms with van der Waals surface area (Å²) in [6.45, 7) is 2.54. The van der Waals surface area contributed by atoms with Gasteiger partial charge in [-0.05, 0) is 34.3 Å². The van der Waals surface area contributed by atoms with E-state index in [1.54, 1.807) is 0 Å². The first-order chi connectivity index (χ1) is 8.32. The molecular formula is C10H13BrClNO3S2. The molecule has 0 aliphatic carbocycles. The Kier molecular flexibility index (Phi) is 4.40. The Morgan fingerprint density at radius 3 is 2.78 bits per heavy atom. The van der Waals surface area contributed by atoms with Gasteiger partial charge in [-0.1, -0.05) is 18.5 Å². The molecule has 0 bridgehead atoms. The number of nitrogens with zero attached hydrogens (tertiary/aromatic N) is 1. The Labute approximate surface area is 124 Å². The predicted molar refractivity (Wildman–Crippen MR) is 75.6 cm³/mol. The first kappa shape index (κ1) is 14.7. The minimum atomic E-state index is -3.49. The van der Waals surface area contributed by atoms with Crippen LogP contribution < -0.4 is 0 Å². The molecule has 4 nitrogen and oxygen atoms in total. The summed E-state index contributed by atoms with van der Waals surface area (Å²) >= 11 is 10.2. The lowest BCUT2D eigenvalue weighted by molar-refractivity contribution is 0.0629. The number of aliphatic hydroxyl groups excluding tert-OH is 1. The van der Waals surface area contributed by atoms with E-state index in [0.717, 1.165) is 11.3 Å². The van der Waals surface area contributed by atoms with Crippen LogP contribution in [0.4, 0.5) is 0 Å². The molecule has 1 aromatic rings. The molecule has 1 aliphatic heterocycles. The topological polar surface area (TPSA) is 57.6 Å². The molecule has 18 heavy (non-hydrogen) atoms. The van der Waals surface area contributed by atoms with E-state index in [4.69, 9.17) is 11.6 Å². The fourth-order valence-electron chi connectivity index (χ4n) is 1.89. The van der Waals surface area contributed by atoms with Crippen molar-refractivity contribution in [2.45, 2.75) is 23.7 Å². The number of halogens is 2. The Hall–Kier alpha value is 0.340. The highest BCUT2D eigenvalue weighted by Crippen LogP contribution is 2.36. The zero-order valence-corrected chi connectivity index (χ0v) is 13.6. The maximum Gasteiger partial charge on any atom is 0.252 e. The van der Waals surface area contributed by atoms with E-state index in [9.17, 15) is 13.5 Å². The molecule has 1 aromatic heterocycles. The molecule has 0 aromatic carbocycles. The molecule has 2 atom stereocenters. The number of aliphatic hydroxyl groups is 1. The van der Waals surface area contributed by atoms with Gasteiger partial charge in [-0.15, -0.1) is 11.3 Å². The molecule has 1 saturated heterocycles. The quantitative estimate of drug-likeness (QED) is 0.865. The minimum absolute atomic E-state index is 0.0487. The summed E-state index contributed by atoms with van der Waals surface area (Å²) in [5.41, 5.74) is 0. The summed E-state index contributed by atoms with van der Waals surface area (Å²) in [5.74, 6) is -0.0487. The van der Waals surface area contributed by atoms with Gasteiger partial charge in [0.15, 0.2) is 0 Å². The summed E-state index contributed by atoms with van der Waals surface area (Å²) in [6, 6.07) is 1.46. The smallest absolute Gasteiger partial charge is 0.252 e. The third-order valence-corrected chi connectivity index (χ3v) is 7.83. The van der Waals surface area contributed by atoms with Gasteiger partial charge in [0, 0.05) is 13.1 Å². The van der Waals surface area contributed by atoms with Crippen molar-refractivity contribution in [3.8, 4) is 0 Å². The monoisotopic (exact) mass is 373 g/mol. The fraction of sp³-hybridized carbons (Fsp3) is 0.600. The normalized spacial score (nSPS) is 26.4. The molecule has 0 saturated carbocycles. The van der Waals surface area contributed by atoms with E-state index in [-0.39, 0.29) is 10.1 Å². The van der Waals surface area contributed by atoms with Crippen molar-refractivity contribution >= 4 is 48.9 Å². The van der Waals surface area contributed by atoms with Gasteiger partial charge in [-0.25, -0.2) is 8.42 Å². The van der Waals surface area contributed by atoms with Crippen LogP contribution in [0.15, 0.2) is 14.1 Å². The maximum absolute atomic E-state index is 12.4. The van der Waals surface area contributed by atoms with Crippen LogP contribution in [-0.4, -0.2) is 37.0 Å². The number of thiophene rings is 1. The second-order valence-electron chi connectivity index (χ2n) is 4.38. The third kappa shape index (κ3) is 2.76. The van der Waals surface area contributed by atoms with E-state index in [1.807, 2.05) is 6.92 Å². The number of piperidine rings is 1. The average molecular weight is 375 g/mol. The van der Waals surface area contributed by atoms with Gasteiger partial charge in [-0.2, -0.15) is 4.31 Å². The molecule has 1 N–H and O–H groups in total. The molecule has 0 radical (unpaired) electrons. The average Bonchev–Trinajstić information content (AvgIpc) is 2.64. The summed E-state index contributed by atoms with van der Waals surface area (Å²) < 4.78 is 27.0. The van der Waals surface area contributed by atoms with Crippen LogP contribution in [-0.2, 0) is 10.0 Å². The van der Waals surface area contributed by atoms with Crippen molar-refractivity contribution in [2.24, 2.45) is 5.92 Å². The molecule has 1 fully saturated rings. The zero-order valence-electron chi connectivity index (χ0n) is 9.64. The summed E-state index contributed by atoms with van der Waals surface area (Å²) in [6.07, 6.45) is 0.0517. The third-order valence-electron chi connectivity index (χ3n) is 3.04. The molecular weight excluding hydrogens is 362 g/mol. The van der Waals surface area contributed by atoms with Crippen LogP contribution in [0.1, 0.15) is 13.3 Å². The Morgan fingerprint density at radius 2 is 2.28 bits per heavy atom. The van der Waals surface area contributed by atoms with Crippen molar-refractivity contribution in [2.75, 3.05) is 13.1 Å². The van der Waals surface area contributed by atoms with Gasteiger partial charge in [0.05, 0.1) is 14.9 Å². The van der Waals surface area contributed by atoms with Gasteiger partial charge in [0.25, 0.3) is 10.0 Å². The van der Waals surface area contributed by atoms with Gasteiger partial charge >= 0.3 is 0 Å². The van der Waals surface area contributed by atoms with Crippen LogP contribution in [0.5, 0.6) is 0 Å². The number of rotatable bonds is 2. The summed E-state index contributed by atoms with van der Waals surface area (Å²) in [7, 11) is -3.49. The largest absolute Gasteiger partial charge is 0.393 e. The Balaban J connectivity index is 2.26. The van der Waals surface area contributed by atoms with E-state index in [1.165, 1.54) is 10.4 Å². The van der Waals surface area contributed by atoms with Crippen LogP contribution in [0.3, 0.4) is 0 Å². The van der Waals surface area contributed by atoms with Crippen molar-refractivity contribution in [1.82, 2.24) is 4.31 Å². The van der Waals surface area contributed by atoms with E-state index in [2.05, 4.69) is 15.9 Å². The van der Waals surface area contributed by atoms with E-state index >= 15 is 0 Å². The van der Waals surface area contributed by atoms with Crippen LogP contribution >= 0.6 is 38.9 Å². The van der Waals surface area contributed by atoms with Crippen molar-refractivity contribution in [3.63, 3.8) is 0 Å². The van der Waals surface area contributed by atoms with Crippen molar-refractivity contribution in [3.05, 3.63) is 14.9 Å². The maximum atomic E-state index is 12.4. The highest BCUT2D eigenvalue weighted by Gasteiger charge is 2.33. The fourth-order valence-corrected chi connectivity index (χ4v) is 6.00. The zero-order chi connectivity index (χ0) is 13.5. The highest BCUT2D eigenvalue weighted by atomic mass is 79.9.